The van der Waals surface area contributed by atoms with Crippen molar-refractivity contribution < 1.29 is 13.9 Å². The van der Waals surface area contributed by atoms with Gasteiger partial charge in [0.05, 0.1) is 22.6 Å². The van der Waals surface area contributed by atoms with Gasteiger partial charge in [-0.1, -0.05) is 11.8 Å². The van der Waals surface area contributed by atoms with Crippen molar-refractivity contribution in [2.75, 3.05) is 0 Å². The predicted octanol–water partition coefficient (Wildman–Crippen LogP) is 2.34. The summed E-state index contributed by atoms with van der Waals surface area (Å²) in [5, 5.41) is 12.7. The van der Waals surface area contributed by atoms with Crippen LogP contribution >= 0.6 is 11.8 Å². The van der Waals surface area contributed by atoms with Crippen LogP contribution in [0.2, 0.25) is 0 Å². The third-order valence-electron chi connectivity index (χ3n) is 2.14. The molecule has 0 bridgehead atoms. The number of nitrogens with zero attached hydrogens (tertiary/aromatic N) is 2. The van der Waals surface area contributed by atoms with Gasteiger partial charge in [0.15, 0.2) is 0 Å². The number of benzene rings is 1. The highest BCUT2D eigenvalue weighted by Gasteiger charge is 2.13. The Kier molecular flexibility index (Phi) is 3.44. The fourth-order valence-corrected chi connectivity index (χ4v) is 2.22. The van der Waals surface area contributed by atoms with Crippen molar-refractivity contribution in [1.82, 2.24) is 9.78 Å². The van der Waals surface area contributed by atoms with E-state index >= 15 is 0 Å². The van der Waals surface area contributed by atoms with Crippen molar-refractivity contribution >= 4 is 11.8 Å². The van der Waals surface area contributed by atoms with Crippen LogP contribution in [-0.2, 0) is 13.7 Å². The van der Waals surface area contributed by atoms with Gasteiger partial charge >= 0.3 is 0 Å². The van der Waals surface area contributed by atoms with E-state index < -0.39 is 11.6 Å². The van der Waals surface area contributed by atoms with Crippen molar-refractivity contribution in [3.05, 3.63) is 41.7 Å². The number of hydrogen-bond donors (Lipinski definition) is 1. The number of aromatic nitrogens is 2. The molecule has 0 atom stereocenters. The van der Waals surface area contributed by atoms with Crippen LogP contribution in [0.25, 0.3) is 0 Å². The van der Waals surface area contributed by atoms with Crippen molar-refractivity contribution in [1.29, 1.82) is 0 Å². The lowest BCUT2D eigenvalue weighted by molar-refractivity contribution is 0.280. The molecule has 0 unspecified atom stereocenters. The lowest BCUT2D eigenvalue weighted by atomic mass is 10.2. The number of halogens is 2. The van der Waals surface area contributed by atoms with Crippen LogP contribution in [0.5, 0.6) is 0 Å². The van der Waals surface area contributed by atoms with Crippen LogP contribution in [0.1, 0.15) is 5.56 Å². The van der Waals surface area contributed by atoms with Gasteiger partial charge in [0.2, 0.25) is 0 Å². The van der Waals surface area contributed by atoms with Crippen molar-refractivity contribution in [2.24, 2.45) is 7.05 Å². The fraction of sp³-hybridized carbons (Fsp3) is 0.182. The Bertz CT molecular complexity index is 519. The maximum atomic E-state index is 13.6. The minimum atomic E-state index is -0.678. The molecule has 0 aliphatic carbocycles. The molecule has 1 heterocycles. The van der Waals surface area contributed by atoms with Crippen molar-refractivity contribution in [2.45, 2.75) is 16.4 Å². The topological polar surface area (TPSA) is 38.0 Å². The third kappa shape index (κ3) is 2.65. The summed E-state index contributed by atoms with van der Waals surface area (Å²) >= 11 is 0.966. The fourth-order valence-electron chi connectivity index (χ4n) is 1.37. The van der Waals surface area contributed by atoms with Gasteiger partial charge in [-0.25, -0.2) is 8.78 Å². The van der Waals surface area contributed by atoms with E-state index in [-0.39, 0.29) is 17.1 Å². The van der Waals surface area contributed by atoms with Crippen molar-refractivity contribution in [3.63, 3.8) is 0 Å². The molecule has 0 saturated carbocycles. The second-order valence-electron chi connectivity index (χ2n) is 3.50. The average Bonchev–Trinajstić information content (AvgIpc) is 2.69. The molecule has 0 fully saturated rings. The molecule has 90 valence electrons. The predicted molar refractivity (Wildman–Crippen MR) is 59.6 cm³/mol. The van der Waals surface area contributed by atoms with E-state index in [0.717, 1.165) is 23.9 Å². The molecule has 0 radical (unpaired) electrons. The van der Waals surface area contributed by atoms with Gasteiger partial charge in [0.25, 0.3) is 0 Å². The Morgan fingerprint density at radius 1 is 1.35 bits per heavy atom. The van der Waals surface area contributed by atoms with Gasteiger partial charge in [0.1, 0.15) is 11.6 Å². The van der Waals surface area contributed by atoms with Gasteiger partial charge in [-0.3, -0.25) is 4.68 Å². The Morgan fingerprint density at radius 3 is 2.47 bits per heavy atom. The van der Waals surface area contributed by atoms with Crippen LogP contribution in [0.15, 0.2) is 34.3 Å². The summed E-state index contributed by atoms with van der Waals surface area (Å²) in [5.41, 5.74) is 0.218. The molecule has 0 aliphatic rings. The van der Waals surface area contributed by atoms with E-state index in [2.05, 4.69) is 5.10 Å². The molecule has 6 heteroatoms. The molecular formula is C11H10F2N2OS. The maximum Gasteiger partial charge on any atom is 0.140 e. The molecule has 17 heavy (non-hydrogen) atoms. The van der Waals surface area contributed by atoms with E-state index in [1.165, 1.54) is 6.20 Å². The summed E-state index contributed by atoms with van der Waals surface area (Å²) in [6, 6.07) is 2.25. The second-order valence-corrected chi connectivity index (χ2v) is 4.58. The maximum absolute atomic E-state index is 13.6. The number of hydrogen-bond acceptors (Lipinski definition) is 3. The molecule has 1 aromatic carbocycles. The standard InChI is InChI=1S/C11H10F2N2OS/c1-15-5-8(4-14-15)17-11-9(12)2-7(6-16)3-10(11)13/h2-5,16H,6H2,1H3. The first-order valence-corrected chi connectivity index (χ1v) is 5.67. The first-order valence-electron chi connectivity index (χ1n) is 4.85. The van der Waals surface area contributed by atoms with E-state index in [1.54, 1.807) is 17.9 Å². The van der Waals surface area contributed by atoms with Crippen LogP contribution < -0.4 is 0 Å². The number of aliphatic hydroxyl groups is 1. The zero-order valence-electron chi connectivity index (χ0n) is 9.02. The summed E-state index contributed by atoms with van der Waals surface area (Å²) in [7, 11) is 1.73. The minimum Gasteiger partial charge on any atom is -0.392 e. The number of aliphatic hydroxyl groups excluding tert-OH is 1. The first kappa shape index (κ1) is 12.1. The molecule has 2 aromatic rings. The smallest absolute Gasteiger partial charge is 0.140 e. The van der Waals surface area contributed by atoms with Gasteiger partial charge in [-0.15, -0.1) is 0 Å². The van der Waals surface area contributed by atoms with E-state index in [4.69, 9.17) is 5.11 Å². The zero-order valence-corrected chi connectivity index (χ0v) is 9.84. The molecule has 0 saturated heterocycles. The Balaban J connectivity index is 2.33. The molecule has 0 spiro atoms. The SMILES string of the molecule is Cn1cc(Sc2c(F)cc(CO)cc2F)cn1. The highest BCUT2D eigenvalue weighted by atomic mass is 32.2. The summed E-state index contributed by atoms with van der Waals surface area (Å²) in [6.07, 6.45) is 3.20. The van der Waals surface area contributed by atoms with Gasteiger partial charge < -0.3 is 5.11 Å². The average molecular weight is 256 g/mol. The largest absolute Gasteiger partial charge is 0.392 e. The lowest BCUT2D eigenvalue weighted by Crippen LogP contribution is -1.92. The summed E-state index contributed by atoms with van der Waals surface area (Å²) in [4.78, 5) is 0.567. The first-order chi connectivity index (χ1) is 8.10. The van der Waals surface area contributed by atoms with E-state index in [9.17, 15) is 8.78 Å². The van der Waals surface area contributed by atoms with Crippen LogP contribution in [-0.4, -0.2) is 14.9 Å². The Morgan fingerprint density at radius 2 is 2.00 bits per heavy atom. The van der Waals surface area contributed by atoms with Crippen LogP contribution in [0.3, 0.4) is 0 Å². The summed E-state index contributed by atoms with van der Waals surface area (Å²) in [6.45, 7) is -0.383. The molecule has 0 aliphatic heterocycles. The van der Waals surface area contributed by atoms with Gasteiger partial charge in [0, 0.05) is 13.2 Å². The molecule has 0 amide bonds. The number of aryl methyl sites for hydroxylation is 1. The Hall–Kier alpha value is -1.40. The van der Waals surface area contributed by atoms with Crippen LogP contribution in [0, 0.1) is 11.6 Å². The van der Waals surface area contributed by atoms with E-state index in [0.29, 0.717) is 4.90 Å². The third-order valence-corrected chi connectivity index (χ3v) is 3.18. The quantitative estimate of drug-likeness (QED) is 0.916. The molecule has 1 N–H and O–H groups in total. The lowest BCUT2D eigenvalue weighted by Gasteiger charge is -2.05. The highest BCUT2D eigenvalue weighted by molar-refractivity contribution is 7.99. The molecule has 3 nitrogen and oxygen atoms in total. The highest BCUT2D eigenvalue weighted by Crippen LogP contribution is 2.32. The molecule has 1 aromatic heterocycles. The minimum absolute atomic E-state index is 0.0878. The van der Waals surface area contributed by atoms with Gasteiger partial charge in [-0.2, -0.15) is 5.10 Å². The molecule has 2 rings (SSSR count). The normalized spacial score (nSPS) is 10.8. The Labute approximate surface area is 101 Å². The zero-order chi connectivity index (χ0) is 12.4. The summed E-state index contributed by atoms with van der Waals surface area (Å²) < 4.78 is 28.7. The monoisotopic (exact) mass is 256 g/mol. The summed E-state index contributed by atoms with van der Waals surface area (Å²) in [5.74, 6) is -1.36. The van der Waals surface area contributed by atoms with Gasteiger partial charge in [-0.05, 0) is 17.7 Å². The number of rotatable bonds is 3. The second kappa shape index (κ2) is 4.85. The molecular weight excluding hydrogens is 246 g/mol. The van der Waals surface area contributed by atoms with Crippen molar-refractivity contribution in [3.8, 4) is 0 Å². The van der Waals surface area contributed by atoms with E-state index in [1.807, 2.05) is 0 Å². The van der Waals surface area contributed by atoms with Crippen LogP contribution in [0.4, 0.5) is 8.78 Å².